The number of phenolic OH excluding ortho intramolecular Hbond substituents is 1. The number of aromatic hydroxyl groups is 1. The van der Waals surface area contributed by atoms with Crippen LogP contribution in [0, 0.1) is 11.3 Å². The standard InChI is InChI=1S/C27H25N3O5/c1-14-12-21(32)27(2)18(24(14)33)13-19-17(10-11-29-25(34)28(3)26(35)30(19)29)23(27)22-16-7-5-4-6-15(16)8-9-20(22)31/h4-10,12,18-19,23,31H,11,13H2,1-3H3/t18-,19+,23+,27-/m0/s1. The average molecular weight is 472 g/mol. The number of phenols is 1. The number of Topliss-reactive ketones (excluding diaryl/α,β-unsaturated/α-hetero) is 1. The molecular formula is C27H25N3O5. The maximum Gasteiger partial charge on any atom is 0.347 e. The number of fused-ring (bicyclic) bond motifs is 5. The Morgan fingerprint density at radius 2 is 1.77 bits per heavy atom. The molecule has 1 fully saturated rings. The van der Waals surface area contributed by atoms with Gasteiger partial charge in [-0.15, -0.1) is 0 Å². The Kier molecular flexibility index (Phi) is 4.34. The molecule has 1 saturated carbocycles. The molecule has 2 aliphatic carbocycles. The van der Waals surface area contributed by atoms with Gasteiger partial charge in [-0.1, -0.05) is 43.3 Å². The largest absolute Gasteiger partial charge is 0.508 e. The highest BCUT2D eigenvalue weighted by molar-refractivity contribution is 6.13. The van der Waals surface area contributed by atoms with Crippen molar-refractivity contribution < 1.29 is 14.7 Å². The van der Waals surface area contributed by atoms with Crippen LogP contribution in [0.2, 0.25) is 0 Å². The molecule has 0 spiro atoms. The molecule has 178 valence electrons. The van der Waals surface area contributed by atoms with E-state index in [0.29, 0.717) is 11.1 Å². The lowest BCUT2D eigenvalue weighted by molar-refractivity contribution is -0.139. The van der Waals surface area contributed by atoms with Crippen molar-refractivity contribution in [2.45, 2.75) is 38.8 Å². The lowest BCUT2D eigenvalue weighted by atomic mass is 9.50. The second-order valence-electron chi connectivity index (χ2n) is 10.1. The normalized spacial score (nSPS) is 27.7. The molecule has 2 heterocycles. The van der Waals surface area contributed by atoms with E-state index in [1.807, 2.05) is 36.4 Å². The van der Waals surface area contributed by atoms with Crippen molar-refractivity contribution in [1.29, 1.82) is 0 Å². The Balaban J connectivity index is 1.70. The molecule has 4 atom stereocenters. The first-order valence-electron chi connectivity index (χ1n) is 11.7. The number of carbonyl (C=O) groups is 2. The van der Waals surface area contributed by atoms with E-state index >= 15 is 0 Å². The number of nitrogens with zero attached hydrogens (tertiary/aromatic N) is 3. The second-order valence-corrected chi connectivity index (χ2v) is 10.1. The number of hydrogen-bond donors (Lipinski definition) is 1. The van der Waals surface area contributed by atoms with Gasteiger partial charge in [0, 0.05) is 24.4 Å². The van der Waals surface area contributed by atoms with Crippen LogP contribution in [0.15, 0.2) is 69.3 Å². The Morgan fingerprint density at radius 1 is 1.03 bits per heavy atom. The van der Waals surface area contributed by atoms with Crippen molar-refractivity contribution in [3.8, 4) is 5.75 Å². The summed E-state index contributed by atoms with van der Waals surface area (Å²) in [7, 11) is 1.44. The second kappa shape index (κ2) is 7.04. The summed E-state index contributed by atoms with van der Waals surface area (Å²) in [6.07, 6.45) is 3.54. The lowest BCUT2D eigenvalue weighted by Crippen LogP contribution is -2.54. The van der Waals surface area contributed by atoms with Crippen molar-refractivity contribution in [2.75, 3.05) is 0 Å². The van der Waals surface area contributed by atoms with Gasteiger partial charge in [0.2, 0.25) is 0 Å². The predicted octanol–water partition coefficient (Wildman–Crippen LogP) is 2.60. The van der Waals surface area contributed by atoms with E-state index in [0.717, 1.165) is 20.9 Å². The maximum absolute atomic E-state index is 13.7. The summed E-state index contributed by atoms with van der Waals surface area (Å²) < 4.78 is 3.88. The first-order valence-corrected chi connectivity index (χ1v) is 11.7. The highest BCUT2D eigenvalue weighted by atomic mass is 16.3. The van der Waals surface area contributed by atoms with Gasteiger partial charge in [0.15, 0.2) is 11.6 Å². The maximum atomic E-state index is 13.7. The van der Waals surface area contributed by atoms with E-state index in [1.165, 1.54) is 22.5 Å². The molecule has 1 aromatic heterocycles. The number of hydrogen-bond acceptors (Lipinski definition) is 5. The fourth-order valence-electron chi connectivity index (χ4n) is 6.55. The number of allylic oxidation sites excluding steroid dienone is 4. The monoisotopic (exact) mass is 471 g/mol. The predicted molar refractivity (Wildman–Crippen MR) is 129 cm³/mol. The number of benzene rings is 2. The summed E-state index contributed by atoms with van der Waals surface area (Å²) in [5, 5.41) is 12.9. The van der Waals surface area contributed by atoms with Gasteiger partial charge in [-0.25, -0.2) is 23.5 Å². The van der Waals surface area contributed by atoms with Crippen molar-refractivity contribution in [3.63, 3.8) is 0 Å². The minimum atomic E-state index is -1.15. The fourth-order valence-corrected chi connectivity index (χ4v) is 6.55. The third-order valence-electron chi connectivity index (χ3n) is 8.37. The van der Waals surface area contributed by atoms with Gasteiger partial charge in [-0.05, 0) is 47.4 Å². The van der Waals surface area contributed by atoms with Gasteiger partial charge in [-0.3, -0.25) is 9.59 Å². The quantitative estimate of drug-likeness (QED) is 0.550. The van der Waals surface area contributed by atoms with E-state index in [4.69, 9.17) is 0 Å². The van der Waals surface area contributed by atoms with E-state index < -0.39 is 34.7 Å². The zero-order valence-electron chi connectivity index (χ0n) is 19.7. The summed E-state index contributed by atoms with van der Waals surface area (Å²) in [4.78, 5) is 53.1. The van der Waals surface area contributed by atoms with Gasteiger partial charge >= 0.3 is 11.4 Å². The topological polar surface area (TPSA) is 103 Å². The first kappa shape index (κ1) is 21.6. The Morgan fingerprint density at radius 3 is 2.54 bits per heavy atom. The molecule has 0 saturated heterocycles. The summed E-state index contributed by atoms with van der Waals surface area (Å²) in [6.45, 7) is 3.61. The molecule has 0 unspecified atom stereocenters. The van der Waals surface area contributed by atoms with E-state index in [2.05, 4.69) is 0 Å². The van der Waals surface area contributed by atoms with Gasteiger partial charge in [0.25, 0.3) is 0 Å². The third-order valence-corrected chi connectivity index (χ3v) is 8.37. The number of ketones is 2. The van der Waals surface area contributed by atoms with Gasteiger partial charge in [-0.2, -0.15) is 0 Å². The third kappa shape index (κ3) is 2.62. The first-order chi connectivity index (χ1) is 16.7. The van der Waals surface area contributed by atoms with E-state index in [9.17, 15) is 24.3 Å². The van der Waals surface area contributed by atoms with E-state index in [-0.39, 0.29) is 30.3 Å². The van der Waals surface area contributed by atoms with Crippen molar-refractivity contribution in [3.05, 3.63) is 86.2 Å². The number of rotatable bonds is 1. The molecule has 6 rings (SSSR count). The molecule has 2 aromatic carbocycles. The molecule has 3 aromatic rings. The Hall–Kier alpha value is -3.94. The van der Waals surface area contributed by atoms with Gasteiger partial charge < -0.3 is 5.11 Å². The Bertz CT molecular complexity index is 1650. The zero-order valence-corrected chi connectivity index (χ0v) is 19.7. The summed E-state index contributed by atoms with van der Waals surface area (Å²) in [6, 6.07) is 10.5. The molecule has 3 aliphatic rings. The average Bonchev–Trinajstić information content (AvgIpc) is 3.07. The lowest BCUT2D eigenvalue weighted by Gasteiger charge is -2.52. The van der Waals surface area contributed by atoms with Crippen LogP contribution in [0.1, 0.15) is 37.8 Å². The van der Waals surface area contributed by atoms with Crippen molar-refractivity contribution in [2.24, 2.45) is 18.4 Å². The number of aromatic nitrogens is 3. The van der Waals surface area contributed by atoms with Crippen LogP contribution in [0.5, 0.6) is 5.75 Å². The molecule has 8 nitrogen and oxygen atoms in total. The SMILES string of the molecule is CC1=CC(=O)[C@@]2(C)[C@@H](c3c(O)ccc4ccccc34)C3=CCn4c(=O)n(C)c(=O)n4[C@@H]3C[C@H]2C1=O. The highest BCUT2D eigenvalue weighted by Gasteiger charge is 2.59. The van der Waals surface area contributed by atoms with Crippen LogP contribution in [0.3, 0.4) is 0 Å². The van der Waals surface area contributed by atoms with Crippen LogP contribution in [-0.2, 0) is 23.2 Å². The van der Waals surface area contributed by atoms with Crippen LogP contribution in [-0.4, -0.2) is 30.6 Å². The van der Waals surface area contributed by atoms with Gasteiger partial charge in [0.1, 0.15) is 5.75 Å². The molecule has 0 bridgehead atoms. The summed E-state index contributed by atoms with van der Waals surface area (Å²) in [5.74, 6) is -1.64. The van der Waals surface area contributed by atoms with Crippen LogP contribution in [0.25, 0.3) is 10.8 Å². The number of carbonyl (C=O) groups excluding carboxylic acids is 2. The zero-order chi connectivity index (χ0) is 24.8. The minimum Gasteiger partial charge on any atom is -0.508 e. The molecule has 1 N–H and O–H groups in total. The van der Waals surface area contributed by atoms with Crippen LogP contribution in [0.4, 0.5) is 0 Å². The van der Waals surface area contributed by atoms with Gasteiger partial charge in [0.05, 0.1) is 18.0 Å². The minimum absolute atomic E-state index is 0.0325. The smallest absolute Gasteiger partial charge is 0.347 e. The summed E-state index contributed by atoms with van der Waals surface area (Å²) >= 11 is 0. The molecule has 0 radical (unpaired) electrons. The van der Waals surface area contributed by atoms with Crippen LogP contribution < -0.4 is 11.4 Å². The van der Waals surface area contributed by atoms with E-state index in [1.54, 1.807) is 19.9 Å². The molecular weight excluding hydrogens is 446 g/mol. The fraction of sp³-hybridized carbons (Fsp3) is 0.333. The highest BCUT2D eigenvalue weighted by Crippen LogP contribution is 2.61. The molecule has 35 heavy (non-hydrogen) atoms. The van der Waals surface area contributed by atoms with Crippen molar-refractivity contribution in [1.82, 2.24) is 13.9 Å². The Labute approximate surface area is 200 Å². The molecule has 0 amide bonds. The molecule has 8 heteroatoms. The molecule has 1 aliphatic heterocycles. The van der Waals surface area contributed by atoms with Crippen molar-refractivity contribution >= 4 is 22.3 Å². The van der Waals surface area contributed by atoms with Crippen LogP contribution >= 0.6 is 0 Å². The summed E-state index contributed by atoms with van der Waals surface area (Å²) in [5.41, 5.74) is -0.305.